The molecule has 31 heavy (non-hydrogen) atoms. The molecule has 1 fully saturated rings. The Balaban J connectivity index is 1.45. The van der Waals surface area contributed by atoms with E-state index in [2.05, 4.69) is 31.2 Å². The van der Waals surface area contributed by atoms with E-state index in [0.29, 0.717) is 5.92 Å². The van der Waals surface area contributed by atoms with Crippen LogP contribution in [0.2, 0.25) is 0 Å². The molecule has 0 radical (unpaired) electrons. The minimum atomic E-state index is -1.63. The maximum absolute atomic E-state index is 14.5. The first-order chi connectivity index (χ1) is 15.0. The van der Waals surface area contributed by atoms with Crippen LogP contribution in [0.3, 0.4) is 0 Å². The van der Waals surface area contributed by atoms with Gasteiger partial charge in [0.1, 0.15) is 5.82 Å². The van der Waals surface area contributed by atoms with E-state index in [1.54, 1.807) is 6.07 Å². The van der Waals surface area contributed by atoms with Crippen molar-refractivity contribution in [3.05, 3.63) is 82.4 Å². The molecule has 0 amide bonds. The van der Waals surface area contributed by atoms with Gasteiger partial charge < -0.3 is 0 Å². The van der Waals surface area contributed by atoms with Gasteiger partial charge in [0, 0.05) is 0 Å². The molecule has 0 spiro atoms. The van der Waals surface area contributed by atoms with Crippen LogP contribution < -0.4 is 0 Å². The van der Waals surface area contributed by atoms with E-state index >= 15 is 0 Å². The summed E-state index contributed by atoms with van der Waals surface area (Å²) < 4.78 is 55.6. The third-order valence-corrected chi connectivity index (χ3v) is 6.77. The van der Waals surface area contributed by atoms with E-state index in [4.69, 9.17) is 0 Å². The summed E-state index contributed by atoms with van der Waals surface area (Å²) in [5.41, 5.74) is 3.47. The smallest absolute Gasteiger partial charge is 0.195 e. The van der Waals surface area contributed by atoms with Gasteiger partial charge in [0.05, 0.1) is 5.39 Å². The van der Waals surface area contributed by atoms with Crippen molar-refractivity contribution in [3.63, 3.8) is 0 Å². The Kier molecular flexibility index (Phi) is 6.64. The molecule has 1 saturated carbocycles. The summed E-state index contributed by atoms with van der Waals surface area (Å²) in [7, 11) is 0. The van der Waals surface area contributed by atoms with Crippen LogP contribution in [0, 0.1) is 23.3 Å². The van der Waals surface area contributed by atoms with Crippen LogP contribution in [0.4, 0.5) is 17.6 Å². The summed E-state index contributed by atoms with van der Waals surface area (Å²) in [4.78, 5) is 0. The summed E-state index contributed by atoms with van der Waals surface area (Å²) in [6.07, 6.45) is 8.60. The average Bonchev–Trinajstić information content (AvgIpc) is 2.78. The Morgan fingerprint density at radius 1 is 0.710 bits per heavy atom. The summed E-state index contributed by atoms with van der Waals surface area (Å²) >= 11 is 0. The molecule has 4 heteroatoms. The van der Waals surface area contributed by atoms with Crippen LogP contribution in [0.5, 0.6) is 0 Å². The molecule has 164 valence electrons. The number of aryl methyl sites for hydroxylation is 1. The normalized spacial score (nSPS) is 19.1. The van der Waals surface area contributed by atoms with Gasteiger partial charge in [-0.2, -0.15) is 0 Å². The lowest BCUT2D eigenvalue weighted by atomic mass is 9.76. The first-order valence-corrected chi connectivity index (χ1v) is 11.3. The molecule has 0 saturated heterocycles. The zero-order valence-corrected chi connectivity index (χ0v) is 17.9. The summed E-state index contributed by atoms with van der Waals surface area (Å²) in [6, 6.07) is 12.7. The largest absolute Gasteiger partial charge is 0.206 e. The van der Waals surface area contributed by atoms with Gasteiger partial charge in [0.15, 0.2) is 17.5 Å². The van der Waals surface area contributed by atoms with E-state index < -0.39 is 28.7 Å². The second kappa shape index (κ2) is 9.42. The topological polar surface area (TPSA) is 0 Å². The fourth-order valence-electron chi connectivity index (χ4n) is 4.94. The van der Waals surface area contributed by atoms with Crippen LogP contribution in [0.25, 0.3) is 10.8 Å². The maximum Gasteiger partial charge on any atom is 0.195 e. The van der Waals surface area contributed by atoms with Crippen molar-refractivity contribution in [1.82, 2.24) is 0 Å². The first-order valence-electron chi connectivity index (χ1n) is 11.3. The SMILES string of the molecule is CCCCCc1ccc(C2CCC(c3cc(F)c4c(F)c(F)c(F)cc4c3)CC2)cc1. The van der Waals surface area contributed by atoms with Gasteiger partial charge in [0.2, 0.25) is 0 Å². The Bertz CT molecular complexity index is 1050. The molecule has 1 aliphatic carbocycles. The summed E-state index contributed by atoms with van der Waals surface area (Å²) in [6.45, 7) is 2.21. The molecule has 0 atom stereocenters. The monoisotopic (exact) mass is 428 g/mol. The van der Waals surface area contributed by atoms with Crippen LogP contribution in [0.1, 0.15) is 80.4 Å². The van der Waals surface area contributed by atoms with Crippen molar-refractivity contribution in [2.45, 2.75) is 70.1 Å². The lowest BCUT2D eigenvalue weighted by molar-refractivity contribution is 0.395. The number of rotatable bonds is 6. The van der Waals surface area contributed by atoms with Gasteiger partial charge in [-0.3, -0.25) is 0 Å². The highest BCUT2D eigenvalue weighted by Crippen LogP contribution is 2.41. The van der Waals surface area contributed by atoms with E-state index in [-0.39, 0.29) is 11.3 Å². The van der Waals surface area contributed by atoms with Gasteiger partial charge in [0.25, 0.3) is 0 Å². The Morgan fingerprint density at radius 3 is 2.00 bits per heavy atom. The van der Waals surface area contributed by atoms with Crippen LogP contribution in [0.15, 0.2) is 42.5 Å². The highest BCUT2D eigenvalue weighted by molar-refractivity contribution is 5.84. The molecule has 0 aromatic heterocycles. The van der Waals surface area contributed by atoms with Gasteiger partial charge in [-0.15, -0.1) is 0 Å². The van der Waals surface area contributed by atoms with E-state index in [9.17, 15) is 17.6 Å². The molecular formula is C27H28F4. The highest BCUT2D eigenvalue weighted by Gasteiger charge is 2.25. The lowest BCUT2D eigenvalue weighted by Crippen LogP contribution is -2.12. The third kappa shape index (κ3) is 4.63. The van der Waals surface area contributed by atoms with Crippen LogP contribution >= 0.6 is 0 Å². The van der Waals surface area contributed by atoms with Crippen molar-refractivity contribution >= 4 is 10.8 Å². The molecule has 3 aromatic carbocycles. The summed E-state index contributed by atoms with van der Waals surface area (Å²) in [5.74, 6) is -4.58. The van der Waals surface area contributed by atoms with E-state index in [1.807, 2.05) is 0 Å². The molecule has 0 unspecified atom stereocenters. The molecule has 0 nitrogen and oxygen atoms in total. The van der Waals surface area contributed by atoms with Crippen molar-refractivity contribution < 1.29 is 17.6 Å². The average molecular weight is 429 g/mol. The summed E-state index contributed by atoms with van der Waals surface area (Å²) in [5, 5.41) is -0.400. The minimum Gasteiger partial charge on any atom is -0.206 e. The number of fused-ring (bicyclic) bond motifs is 1. The lowest BCUT2D eigenvalue weighted by Gasteiger charge is -2.29. The molecule has 0 aliphatic heterocycles. The molecule has 0 N–H and O–H groups in total. The number of unbranched alkanes of at least 4 members (excludes halogenated alkanes) is 2. The number of hydrogen-bond donors (Lipinski definition) is 0. The fourth-order valence-corrected chi connectivity index (χ4v) is 4.94. The van der Waals surface area contributed by atoms with Gasteiger partial charge in [-0.05, 0) is 84.6 Å². The van der Waals surface area contributed by atoms with Gasteiger partial charge in [-0.1, -0.05) is 50.1 Å². The fraction of sp³-hybridized carbons (Fsp3) is 0.407. The predicted molar refractivity (Wildman–Crippen MR) is 117 cm³/mol. The van der Waals surface area contributed by atoms with Crippen molar-refractivity contribution in [3.8, 4) is 0 Å². The zero-order chi connectivity index (χ0) is 22.0. The second-order valence-electron chi connectivity index (χ2n) is 8.83. The van der Waals surface area contributed by atoms with Crippen molar-refractivity contribution in [1.29, 1.82) is 0 Å². The molecule has 1 aliphatic rings. The highest BCUT2D eigenvalue weighted by atomic mass is 19.2. The Hall–Kier alpha value is -2.36. The zero-order valence-electron chi connectivity index (χ0n) is 17.9. The molecule has 4 rings (SSSR count). The van der Waals surface area contributed by atoms with Crippen molar-refractivity contribution in [2.24, 2.45) is 0 Å². The van der Waals surface area contributed by atoms with Gasteiger partial charge >= 0.3 is 0 Å². The first kappa shape index (κ1) is 21.9. The maximum atomic E-state index is 14.5. The van der Waals surface area contributed by atoms with Crippen LogP contribution in [-0.2, 0) is 6.42 Å². The Morgan fingerprint density at radius 2 is 1.35 bits per heavy atom. The Labute approximate surface area is 181 Å². The number of benzene rings is 3. The standard InChI is InChI=1S/C27H28F4/c1-2-3-4-5-17-6-8-18(9-7-17)19-10-12-20(13-11-19)21-14-22-16-24(29)26(30)27(31)25(22)23(28)15-21/h6-9,14-16,19-20H,2-5,10-13H2,1H3. The number of halogens is 4. The van der Waals surface area contributed by atoms with Crippen molar-refractivity contribution in [2.75, 3.05) is 0 Å². The molecule has 3 aromatic rings. The molecule has 0 bridgehead atoms. The number of hydrogen-bond acceptors (Lipinski definition) is 0. The second-order valence-corrected chi connectivity index (χ2v) is 8.83. The molecular weight excluding hydrogens is 400 g/mol. The van der Waals surface area contributed by atoms with Crippen LogP contribution in [-0.4, -0.2) is 0 Å². The van der Waals surface area contributed by atoms with E-state index in [0.717, 1.165) is 43.7 Å². The van der Waals surface area contributed by atoms with E-state index in [1.165, 1.54) is 36.5 Å². The van der Waals surface area contributed by atoms with Gasteiger partial charge in [-0.25, -0.2) is 17.6 Å². The molecule has 0 heterocycles. The third-order valence-electron chi connectivity index (χ3n) is 6.77. The predicted octanol–water partition coefficient (Wildman–Crippen LogP) is 8.57. The minimum absolute atomic E-state index is 0.0761. The quantitative estimate of drug-likeness (QED) is 0.209.